The number of rotatable bonds is 8. The lowest BCUT2D eigenvalue weighted by molar-refractivity contribution is -0.118. The minimum Gasteiger partial charge on any atom is -0.490 e. The molecule has 178 valence electrons. The second-order valence-electron chi connectivity index (χ2n) is 9.05. The summed E-state index contributed by atoms with van der Waals surface area (Å²) in [5.41, 5.74) is 6.63. The first-order chi connectivity index (χ1) is 16.5. The molecule has 0 aliphatic carbocycles. The molecule has 1 atom stereocenters. The van der Waals surface area contributed by atoms with Crippen LogP contribution in [-0.4, -0.2) is 19.1 Å². The Morgan fingerprint density at radius 3 is 2.06 bits per heavy atom. The third-order valence-corrected chi connectivity index (χ3v) is 6.51. The van der Waals surface area contributed by atoms with E-state index in [4.69, 9.17) is 9.47 Å². The summed E-state index contributed by atoms with van der Waals surface area (Å²) >= 11 is 0. The molecule has 0 fully saturated rings. The number of hydrogen-bond acceptors (Lipinski definition) is 3. The molecular formula is C30H35NO3. The summed E-state index contributed by atoms with van der Waals surface area (Å²) < 4.78 is 11.8. The van der Waals surface area contributed by atoms with Crippen molar-refractivity contribution in [2.45, 2.75) is 59.4 Å². The van der Waals surface area contributed by atoms with Crippen LogP contribution in [-0.2, 0) is 17.6 Å². The molecular weight excluding hydrogens is 422 g/mol. The lowest BCUT2D eigenvalue weighted by Gasteiger charge is -2.38. The van der Waals surface area contributed by atoms with Crippen LogP contribution in [0.5, 0.6) is 11.5 Å². The second kappa shape index (κ2) is 10.3. The Bertz CT molecular complexity index is 1130. The van der Waals surface area contributed by atoms with Crippen molar-refractivity contribution in [2.75, 3.05) is 18.1 Å². The molecule has 1 heterocycles. The van der Waals surface area contributed by atoms with E-state index < -0.39 is 0 Å². The Kier molecular flexibility index (Phi) is 7.26. The number of amides is 1. The lowest BCUT2D eigenvalue weighted by Crippen LogP contribution is -2.41. The number of fused-ring (bicyclic) bond motifs is 1. The van der Waals surface area contributed by atoms with Crippen LogP contribution in [0, 0.1) is 0 Å². The zero-order chi connectivity index (χ0) is 24.2. The quantitative estimate of drug-likeness (QED) is 0.371. The Morgan fingerprint density at radius 2 is 1.50 bits per heavy atom. The van der Waals surface area contributed by atoms with Gasteiger partial charge in [0.2, 0.25) is 5.91 Å². The molecule has 4 heteroatoms. The molecule has 4 nitrogen and oxygen atoms in total. The zero-order valence-electron chi connectivity index (χ0n) is 20.9. The van der Waals surface area contributed by atoms with Gasteiger partial charge in [0.15, 0.2) is 11.5 Å². The molecule has 0 saturated carbocycles. The van der Waals surface area contributed by atoms with E-state index in [0.717, 1.165) is 34.5 Å². The van der Waals surface area contributed by atoms with Crippen molar-refractivity contribution in [1.29, 1.82) is 0 Å². The predicted molar refractivity (Wildman–Crippen MR) is 138 cm³/mol. The standard InChI is InChI=1S/C30H35NO3/c1-6-21-9-11-23(12-10-21)30-26-19-28(34-8-3)27(33-7-2)17-24(26)18-29(32)31(30)25-15-13-22(14-16-25)20(4)5/h9-17,19-20,30H,6-8,18H2,1-5H3/t30-/m0/s1. The van der Waals surface area contributed by atoms with Crippen LogP contribution >= 0.6 is 0 Å². The van der Waals surface area contributed by atoms with Gasteiger partial charge in [-0.2, -0.15) is 0 Å². The summed E-state index contributed by atoms with van der Waals surface area (Å²) in [4.78, 5) is 15.6. The van der Waals surface area contributed by atoms with Gasteiger partial charge in [-0.25, -0.2) is 0 Å². The molecule has 3 aromatic rings. The summed E-state index contributed by atoms with van der Waals surface area (Å²) in [7, 11) is 0. The maximum absolute atomic E-state index is 13.6. The Morgan fingerprint density at radius 1 is 0.882 bits per heavy atom. The third-order valence-electron chi connectivity index (χ3n) is 6.51. The first-order valence-electron chi connectivity index (χ1n) is 12.4. The molecule has 0 saturated heterocycles. The lowest BCUT2D eigenvalue weighted by atomic mass is 9.86. The zero-order valence-corrected chi connectivity index (χ0v) is 20.9. The van der Waals surface area contributed by atoms with Crippen LogP contribution in [0.25, 0.3) is 0 Å². The van der Waals surface area contributed by atoms with E-state index in [1.807, 2.05) is 24.8 Å². The Hall–Kier alpha value is -3.27. The fourth-order valence-electron chi connectivity index (χ4n) is 4.67. The van der Waals surface area contributed by atoms with Crippen LogP contribution in [0.1, 0.15) is 74.4 Å². The maximum atomic E-state index is 13.6. The highest BCUT2D eigenvalue weighted by Crippen LogP contribution is 2.43. The number of hydrogen-bond donors (Lipinski definition) is 0. The average Bonchev–Trinajstić information content (AvgIpc) is 2.84. The molecule has 3 aromatic carbocycles. The van der Waals surface area contributed by atoms with E-state index in [-0.39, 0.29) is 11.9 Å². The molecule has 0 spiro atoms. The summed E-state index contributed by atoms with van der Waals surface area (Å²) in [6.07, 6.45) is 1.31. The van der Waals surface area contributed by atoms with Crippen LogP contribution in [0.4, 0.5) is 5.69 Å². The predicted octanol–water partition coefficient (Wildman–Crippen LogP) is 6.85. The van der Waals surface area contributed by atoms with Crippen LogP contribution in [0.15, 0.2) is 60.7 Å². The number of ether oxygens (including phenoxy) is 2. The highest BCUT2D eigenvalue weighted by molar-refractivity contribution is 5.98. The molecule has 4 rings (SSSR count). The van der Waals surface area contributed by atoms with Crippen molar-refractivity contribution in [3.63, 3.8) is 0 Å². The molecule has 0 bridgehead atoms. The van der Waals surface area contributed by atoms with Gasteiger partial charge in [-0.1, -0.05) is 57.2 Å². The van der Waals surface area contributed by atoms with Gasteiger partial charge in [0.05, 0.1) is 25.7 Å². The first-order valence-corrected chi connectivity index (χ1v) is 12.4. The van der Waals surface area contributed by atoms with E-state index in [0.29, 0.717) is 31.3 Å². The fraction of sp³-hybridized carbons (Fsp3) is 0.367. The number of anilines is 1. The van der Waals surface area contributed by atoms with Crippen molar-refractivity contribution in [3.05, 3.63) is 88.5 Å². The van der Waals surface area contributed by atoms with E-state index in [1.165, 1.54) is 11.1 Å². The highest BCUT2D eigenvalue weighted by Gasteiger charge is 2.36. The molecule has 1 aliphatic heterocycles. The summed E-state index contributed by atoms with van der Waals surface area (Å²) in [6, 6.07) is 20.9. The van der Waals surface area contributed by atoms with Crippen molar-refractivity contribution < 1.29 is 14.3 Å². The average molecular weight is 458 g/mol. The molecule has 0 unspecified atom stereocenters. The third kappa shape index (κ3) is 4.68. The number of benzene rings is 3. The SMILES string of the molecule is CCOc1cc2c(cc1OCC)[C@H](c1ccc(CC)cc1)N(c1ccc(C(C)C)cc1)C(=O)C2. The Balaban J connectivity index is 1.88. The molecule has 0 aromatic heterocycles. The maximum Gasteiger partial charge on any atom is 0.232 e. The van der Waals surface area contributed by atoms with Gasteiger partial charge in [0.25, 0.3) is 0 Å². The van der Waals surface area contributed by atoms with Gasteiger partial charge in [-0.3, -0.25) is 4.79 Å². The number of nitrogens with zero attached hydrogens (tertiary/aromatic N) is 1. The summed E-state index contributed by atoms with van der Waals surface area (Å²) in [6.45, 7) is 11.5. The van der Waals surface area contributed by atoms with Gasteiger partial charge in [0.1, 0.15) is 0 Å². The van der Waals surface area contributed by atoms with Crippen LogP contribution in [0.3, 0.4) is 0 Å². The highest BCUT2D eigenvalue weighted by atomic mass is 16.5. The smallest absolute Gasteiger partial charge is 0.232 e. The molecule has 34 heavy (non-hydrogen) atoms. The number of carbonyl (C=O) groups is 1. The van der Waals surface area contributed by atoms with Gasteiger partial charge in [-0.15, -0.1) is 0 Å². The monoisotopic (exact) mass is 457 g/mol. The first kappa shape index (κ1) is 23.9. The molecule has 0 radical (unpaired) electrons. The van der Waals surface area contributed by atoms with Gasteiger partial charge < -0.3 is 14.4 Å². The second-order valence-corrected chi connectivity index (χ2v) is 9.05. The minimum absolute atomic E-state index is 0.0842. The molecule has 0 N–H and O–H groups in total. The van der Waals surface area contributed by atoms with Crippen LogP contribution < -0.4 is 14.4 Å². The van der Waals surface area contributed by atoms with Gasteiger partial charge in [-0.05, 0) is 78.3 Å². The number of carbonyl (C=O) groups excluding carboxylic acids is 1. The largest absolute Gasteiger partial charge is 0.490 e. The van der Waals surface area contributed by atoms with E-state index in [1.54, 1.807) is 0 Å². The summed E-state index contributed by atoms with van der Waals surface area (Å²) in [5, 5.41) is 0. The van der Waals surface area contributed by atoms with E-state index >= 15 is 0 Å². The minimum atomic E-state index is -0.234. The summed E-state index contributed by atoms with van der Waals surface area (Å²) in [5.74, 6) is 1.95. The van der Waals surface area contributed by atoms with Crippen molar-refractivity contribution in [1.82, 2.24) is 0 Å². The van der Waals surface area contributed by atoms with E-state index in [2.05, 4.69) is 75.4 Å². The normalized spacial score (nSPS) is 15.4. The Labute approximate surface area is 203 Å². The van der Waals surface area contributed by atoms with Gasteiger partial charge >= 0.3 is 0 Å². The topological polar surface area (TPSA) is 38.8 Å². The van der Waals surface area contributed by atoms with Crippen molar-refractivity contribution in [3.8, 4) is 11.5 Å². The fourth-order valence-corrected chi connectivity index (χ4v) is 4.67. The number of aryl methyl sites for hydroxylation is 1. The molecule has 1 aliphatic rings. The van der Waals surface area contributed by atoms with Crippen molar-refractivity contribution in [2.24, 2.45) is 0 Å². The van der Waals surface area contributed by atoms with Crippen molar-refractivity contribution >= 4 is 11.6 Å². The van der Waals surface area contributed by atoms with Gasteiger partial charge in [0, 0.05) is 5.69 Å². The molecule has 1 amide bonds. The van der Waals surface area contributed by atoms with Crippen LogP contribution in [0.2, 0.25) is 0 Å². The van der Waals surface area contributed by atoms with E-state index in [9.17, 15) is 4.79 Å².